The fraction of sp³-hybridized carbons (Fsp3) is 0.250. The number of rotatable bonds is 2. The van der Waals surface area contributed by atoms with Crippen LogP contribution in [0.3, 0.4) is 0 Å². The summed E-state index contributed by atoms with van der Waals surface area (Å²) in [4.78, 5) is 26.3. The van der Waals surface area contributed by atoms with Crippen LogP contribution in [0.15, 0.2) is 6.33 Å². The molecule has 15 heavy (non-hydrogen) atoms. The maximum absolute atomic E-state index is 10.5. The van der Waals surface area contributed by atoms with Gasteiger partial charge in [-0.25, -0.2) is 4.98 Å². The van der Waals surface area contributed by atoms with Crippen molar-refractivity contribution in [1.29, 1.82) is 0 Å². The Balaban J connectivity index is 2.67. The zero-order valence-corrected chi connectivity index (χ0v) is 7.90. The van der Waals surface area contributed by atoms with E-state index in [1.807, 2.05) is 0 Å². The number of carbonyl (C=O) groups is 1. The first-order chi connectivity index (χ1) is 7.11. The van der Waals surface area contributed by atoms with E-state index >= 15 is 0 Å². The molecule has 1 aromatic heterocycles. The van der Waals surface area contributed by atoms with Crippen molar-refractivity contribution in [3.8, 4) is 11.8 Å². The quantitative estimate of drug-likeness (QED) is 0.399. The number of carbonyl (C=O) groups excluding carboxylic acids is 1. The van der Waals surface area contributed by atoms with E-state index < -0.39 is 4.92 Å². The normalized spacial score (nSPS) is 8.87. The van der Waals surface area contributed by atoms with Crippen molar-refractivity contribution in [2.75, 3.05) is 6.54 Å². The van der Waals surface area contributed by atoms with Gasteiger partial charge in [-0.3, -0.25) is 4.79 Å². The monoisotopic (exact) mass is 208 g/mol. The molecule has 2 N–H and O–H groups in total. The summed E-state index contributed by atoms with van der Waals surface area (Å²) < 4.78 is 0. The predicted molar refractivity (Wildman–Crippen MR) is 50.8 cm³/mol. The number of H-pyrrole nitrogens is 1. The second-order valence-electron chi connectivity index (χ2n) is 2.57. The second kappa shape index (κ2) is 4.76. The molecule has 7 heteroatoms. The number of imidazole rings is 1. The molecule has 1 rings (SSSR count). The molecule has 0 radical (unpaired) electrons. The number of aromatic amines is 1. The third kappa shape index (κ3) is 3.11. The predicted octanol–water partition coefficient (Wildman–Crippen LogP) is -0.195. The highest BCUT2D eigenvalue weighted by atomic mass is 16.6. The Morgan fingerprint density at radius 3 is 3.13 bits per heavy atom. The van der Waals surface area contributed by atoms with Crippen LogP contribution in [0.4, 0.5) is 5.82 Å². The third-order valence-corrected chi connectivity index (χ3v) is 1.43. The minimum atomic E-state index is -0.602. The average molecular weight is 208 g/mol. The lowest BCUT2D eigenvalue weighted by atomic mass is 10.4. The molecular weight excluding hydrogens is 200 g/mol. The van der Waals surface area contributed by atoms with E-state index in [1.54, 1.807) is 0 Å². The number of amides is 1. The standard InChI is InChI=1S/C8H8N4O3/c1-6(13)9-4-2-3-7-8(12(14)15)11-5-10-7/h5H,4H2,1H3,(H,9,13)(H,10,11). The Morgan fingerprint density at radius 2 is 2.53 bits per heavy atom. The molecule has 1 amide bonds. The summed E-state index contributed by atoms with van der Waals surface area (Å²) in [5.41, 5.74) is 0.0605. The Hall–Kier alpha value is -2.36. The average Bonchev–Trinajstić information content (AvgIpc) is 2.60. The van der Waals surface area contributed by atoms with Crippen molar-refractivity contribution in [3.63, 3.8) is 0 Å². The van der Waals surface area contributed by atoms with Crippen LogP contribution in [-0.4, -0.2) is 27.3 Å². The van der Waals surface area contributed by atoms with Crippen molar-refractivity contribution >= 4 is 11.7 Å². The summed E-state index contributed by atoms with van der Waals surface area (Å²) in [5.74, 6) is 4.57. The van der Waals surface area contributed by atoms with Crippen molar-refractivity contribution in [2.45, 2.75) is 6.92 Å². The molecule has 0 spiro atoms. The number of aromatic nitrogens is 2. The first-order valence-corrected chi connectivity index (χ1v) is 4.02. The number of nitrogens with one attached hydrogen (secondary N) is 2. The maximum atomic E-state index is 10.5. The van der Waals surface area contributed by atoms with E-state index in [0.717, 1.165) is 0 Å². The van der Waals surface area contributed by atoms with E-state index in [-0.39, 0.29) is 24.0 Å². The second-order valence-corrected chi connectivity index (χ2v) is 2.57. The van der Waals surface area contributed by atoms with Gasteiger partial charge in [-0.1, -0.05) is 5.92 Å². The zero-order valence-electron chi connectivity index (χ0n) is 7.90. The fourth-order valence-electron chi connectivity index (χ4n) is 0.815. The van der Waals surface area contributed by atoms with Crippen LogP contribution in [0, 0.1) is 22.0 Å². The van der Waals surface area contributed by atoms with E-state index in [4.69, 9.17) is 0 Å². The van der Waals surface area contributed by atoms with Gasteiger partial charge in [0.25, 0.3) is 0 Å². The number of hydrogen-bond donors (Lipinski definition) is 2. The molecule has 1 aromatic rings. The molecule has 7 nitrogen and oxygen atoms in total. The SMILES string of the molecule is CC(=O)NCC#Cc1nc[nH]c1[N+](=O)[O-]. The minimum absolute atomic E-state index is 0.0605. The molecule has 0 aliphatic rings. The molecule has 78 valence electrons. The van der Waals surface area contributed by atoms with Crippen molar-refractivity contribution in [1.82, 2.24) is 15.3 Å². The van der Waals surface area contributed by atoms with Crippen LogP contribution in [0.5, 0.6) is 0 Å². The molecule has 1 heterocycles. The van der Waals surface area contributed by atoms with Crippen molar-refractivity contribution in [2.24, 2.45) is 0 Å². The molecule has 0 saturated carbocycles. The van der Waals surface area contributed by atoms with Gasteiger partial charge in [-0.15, -0.1) is 0 Å². The minimum Gasteiger partial charge on any atom is -0.358 e. The van der Waals surface area contributed by atoms with Crippen LogP contribution < -0.4 is 5.32 Å². The summed E-state index contributed by atoms with van der Waals surface area (Å²) in [6, 6.07) is 0. The smallest absolute Gasteiger partial charge is 0.356 e. The summed E-state index contributed by atoms with van der Waals surface area (Å²) in [6.07, 6.45) is 1.19. The lowest BCUT2D eigenvalue weighted by molar-refractivity contribution is -0.389. The van der Waals surface area contributed by atoms with E-state index in [9.17, 15) is 14.9 Å². The highest BCUT2D eigenvalue weighted by Gasteiger charge is 2.11. The van der Waals surface area contributed by atoms with Gasteiger partial charge in [-0.2, -0.15) is 4.98 Å². The Morgan fingerprint density at radius 1 is 1.80 bits per heavy atom. The first-order valence-electron chi connectivity index (χ1n) is 4.02. The largest absolute Gasteiger partial charge is 0.358 e. The van der Waals surface area contributed by atoms with Crippen LogP contribution in [0.2, 0.25) is 0 Å². The summed E-state index contributed by atoms with van der Waals surface area (Å²) in [5, 5.41) is 12.9. The van der Waals surface area contributed by atoms with Crippen LogP contribution in [0.25, 0.3) is 0 Å². The Bertz CT molecular complexity index is 440. The lowest BCUT2D eigenvalue weighted by Crippen LogP contribution is -2.19. The van der Waals surface area contributed by atoms with Crippen LogP contribution in [0.1, 0.15) is 12.6 Å². The molecule has 0 aromatic carbocycles. The third-order valence-electron chi connectivity index (χ3n) is 1.43. The topological polar surface area (TPSA) is 101 Å². The number of nitrogens with zero attached hydrogens (tertiary/aromatic N) is 2. The van der Waals surface area contributed by atoms with E-state index in [2.05, 4.69) is 27.1 Å². The van der Waals surface area contributed by atoms with Gasteiger partial charge in [0.05, 0.1) is 6.54 Å². The van der Waals surface area contributed by atoms with Gasteiger partial charge in [0, 0.05) is 6.92 Å². The van der Waals surface area contributed by atoms with Gasteiger partial charge in [0.2, 0.25) is 11.6 Å². The highest BCUT2D eigenvalue weighted by molar-refractivity contribution is 5.73. The number of nitro groups is 1. The fourth-order valence-corrected chi connectivity index (χ4v) is 0.815. The van der Waals surface area contributed by atoms with Gasteiger partial charge >= 0.3 is 5.82 Å². The van der Waals surface area contributed by atoms with Crippen molar-refractivity contribution < 1.29 is 9.72 Å². The molecule has 0 aliphatic heterocycles. The highest BCUT2D eigenvalue weighted by Crippen LogP contribution is 2.09. The maximum Gasteiger partial charge on any atom is 0.356 e. The molecule has 0 atom stereocenters. The van der Waals surface area contributed by atoms with Crippen LogP contribution in [-0.2, 0) is 4.79 Å². The first kappa shape index (κ1) is 10.7. The lowest BCUT2D eigenvalue weighted by Gasteiger charge is -1.91. The molecule has 0 saturated heterocycles. The molecular formula is C8H8N4O3. The van der Waals surface area contributed by atoms with Gasteiger partial charge in [0.1, 0.15) is 0 Å². The summed E-state index contributed by atoms with van der Waals surface area (Å²) >= 11 is 0. The van der Waals surface area contributed by atoms with Crippen molar-refractivity contribution in [3.05, 3.63) is 22.1 Å². The van der Waals surface area contributed by atoms with E-state index in [1.165, 1.54) is 13.3 Å². The molecule has 0 fully saturated rings. The van der Waals surface area contributed by atoms with Gasteiger partial charge in [-0.05, 0) is 10.8 Å². The molecule has 0 unspecified atom stereocenters. The summed E-state index contributed by atoms with van der Waals surface area (Å²) in [7, 11) is 0. The Kier molecular flexibility index (Phi) is 3.40. The van der Waals surface area contributed by atoms with Crippen LogP contribution >= 0.6 is 0 Å². The summed E-state index contributed by atoms with van der Waals surface area (Å²) in [6.45, 7) is 1.50. The molecule has 0 aliphatic carbocycles. The molecule has 0 bridgehead atoms. The van der Waals surface area contributed by atoms with Gasteiger partial charge < -0.3 is 15.4 Å². The zero-order chi connectivity index (χ0) is 11.3. The van der Waals surface area contributed by atoms with Gasteiger partial charge in [0.15, 0.2) is 6.33 Å². The van der Waals surface area contributed by atoms with E-state index in [0.29, 0.717) is 0 Å². The number of hydrogen-bond acceptors (Lipinski definition) is 4. The Labute approximate surface area is 85.0 Å².